The van der Waals surface area contributed by atoms with E-state index < -0.39 is 0 Å². The number of hydrogen-bond donors (Lipinski definition) is 1. The molecule has 6 heteroatoms. The summed E-state index contributed by atoms with van der Waals surface area (Å²) in [5, 5.41) is 9.62. The van der Waals surface area contributed by atoms with Crippen LogP contribution in [0.25, 0.3) is 22.7 Å². The number of imidazole rings is 1. The Balaban J connectivity index is 2.03. The van der Waals surface area contributed by atoms with Crippen LogP contribution in [0, 0.1) is 30.6 Å². The van der Waals surface area contributed by atoms with Gasteiger partial charge in [-0.3, -0.25) is 0 Å². The number of fused-ring (bicyclic) bond motifs is 1. The number of nitriles is 1. The maximum absolute atomic E-state index is 9.62. The van der Waals surface area contributed by atoms with Crippen LogP contribution in [-0.2, 0) is 0 Å². The number of aromatic nitrogens is 2. The molecule has 1 aromatic heterocycles. The second-order valence-corrected chi connectivity index (χ2v) is 6.66. The molecule has 5 nitrogen and oxygen atoms in total. The molecule has 0 saturated heterocycles. The van der Waals surface area contributed by atoms with Crippen molar-refractivity contribution in [1.82, 2.24) is 9.97 Å². The van der Waals surface area contributed by atoms with Crippen molar-refractivity contribution >= 4 is 38.6 Å². The van der Waals surface area contributed by atoms with E-state index in [2.05, 4.69) is 37.9 Å². The number of allylic oxidation sites excluding steroid dienone is 1. The van der Waals surface area contributed by atoms with Crippen LogP contribution in [0.15, 0.2) is 34.8 Å². The molecule has 1 heterocycles. The highest BCUT2D eigenvalue weighted by molar-refractivity contribution is 9.10. The summed E-state index contributed by atoms with van der Waals surface area (Å²) in [6.07, 6.45) is 6.99. The number of nitrogens with zero attached hydrogens (tertiary/aromatic N) is 2. The Kier molecular flexibility index (Phi) is 5.49. The summed E-state index contributed by atoms with van der Waals surface area (Å²) in [6.45, 7) is 2.14. The zero-order chi connectivity index (χ0) is 19.4. The average molecular weight is 422 g/mol. The molecule has 1 N–H and O–H groups in total. The molecule has 0 aliphatic rings. The Hall–Kier alpha value is -3.22. The van der Waals surface area contributed by atoms with Crippen molar-refractivity contribution in [2.45, 2.75) is 6.92 Å². The van der Waals surface area contributed by atoms with Gasteiger partial charge in [0.05, 0.1) is 28.2 Å². The molecule has 0 bridgehead atoms. The summed E-state index contributed by atoms with van der Waals surface area (Å²) in [4.78, 5) is 7.71. The summed E-state index contributed by atoms with van der Waals surface area (Å²) in [5.74, 6) is 3.97. The first-order chi connectivity index (χ1) is 13.0. The Morgan fingerprint density at radius 1 is 1.37 bits per heavy atom. The lowest BCUT2D eigenvalue weighted by molar-refractivity contribution is 0.329. The number of benzene rings is 2. The third kappa shape index (κ3) is 3.97. The predicted molar refractivity (Wildman–Crippen MR) is 109 cm³/mol. The maximum atomic E-state index is 9.62. The van der Waals surface area contributed by atoms with Gasteiger partial charge in [0, 0.05) is 0 Å². The van der Waals surface area contributed by atoms with Crippen molar-refractivity contribution in [3.63, 3.8) is 0 Å². The molecule has 0 aliphatic heterocycles. The first kappa shape index (κ1) is 18.6. The summed E-state index contributed by atoms with van der Waals surface area (Å²) in [7, 11) is 1.55. The van der Waals surface area contributed by atoms with Gasteiger partial charge in [-0.1, -0.05) is 12.0 Å². The van der Waals surface area contributed by atoms with E-state index in [4.69, 9.17) is 15.9 Å². The lowest BCUT2D eigenvalue weighted by atomic mass is 10.1. The van der Waals surface area contributed by atoms with E-state index in [1.54, 1.807) is 19.3 Å². The lowest BCUT2D eigenvalue weighted by Gasteiger charge is -2.12. The fourth-order valence-corrected chi connectivity index (χ4v) is 3.22. The number of methoxy groups -OCH3 is 1. The molecule has 3 rings (SSSR count). The Labute approximate surface area is 165 Å². The van der Waals surface area contributed by atoms with Crippen LogP contribution in [0.3, 0.4) is 0 Å². The molecule has 0 spiro atoms. The SMILES string of the molecule is C#CCOc1c(Br)cc(C=C(C#N)c2nc3ccc(C)cc3[nH]2)cc1OC. The van der Waals surface area contributed by atoms with E-state index in [9.17, 15) is 5.26 Å². The van der Waals surface area contributed by atoms with Crippen molar-refractivity contribution in [2.24, 2.45) is 0 Å². The Morgan fingerprint density at radius 2 is 2.19 bits per heavy atom. The van der Waals surface area contributed by atoms with Gasteiger partial charge in [-0.15, -0.1) is 6.42 Å². The highest BCUT2D eigenvalue weighted by atomic mass is 79.9. The van der Waals surface area contributed by atoms with Gasteiger partial charge in [-0.2, -0.15) is 5.26 Å². The van der Waals surface area contributed by atoms with Gasteiger partial charge in [0.2, 0.25) is 0 Å². The fraction of sp³-hybridized carbons (Fsp3) is 0.143. The van der Waals surface area contributed by atoms with Crippen molar-refractivity contribution in [3.8, 4) is 29.9 Å². The molecule has 3 aromatic rings. The van der Waals surface area contributed by atoms with Crippen molar-refractivity contribution in [3.05, 3.63) is 51.8 Å². The molecular weight excluding hydrogens is 406 g/mol. The third-order valence-electron chi connectivity index (χ3n) is 3.88. The van der Waals surface area contributed by atoms with Gasteiger partial charge < -0.3 is 14.5 Å². The number of halogens is 1. The molecule has 27 heavy (non-hydrogen) atoms. The Bertz CT molecular complexity index is 1120. The number of H-pyrrole nitrogens is 1. The molecule has 0 fully saturated rings. The van der Waals surface area contributed by atoms with Gasteiger partial charge >= 0.3 is 0 Å². The zero-order valence-corrected chi connectivity index (χ0v) is 16.4. The average Bonchev–Trinajstić information content (AvgIpc) is 3.07. The standard InChI is InChI=1S/C21H16BrN3O2/c1-4-7-27-20-16(22)10-14(11-19(20)26-3)9-15(12-23)21-24-17-6-5-13(2)8-18(17)25-21/h1,5-6,8-11H,7H2,2-3H3,(H,24,25). The molecule has 0 aliphatic carbocycles. The van der Waals surface area contributed by atoms with E-state index in [1.807, 2.05) is 31.2 Å². The van der Waals surface area contributed by atoms with Gasteiger partial charge in [-0.05, 0) is 64.3 Å². The van der Waals surface area contributed by atoms with Crippen molar-refractivity contribution in [2.75, 3.05) is 13.7 Å². The first-order valence-electron chi connectivity index (χ1n) is 8.08. The van der Waals surface area contributed by atoms with Crippen LogP contribution < -0.4 is 9.47 Å². The third-order valence-corrected chi connectivity index (χ3v) is 4.46. The topological polar surface area (TPSA) is 70.9 Å². The maximum Gasteiger partial charge on any atom is 0.176 e. The predicted octanol–water partition coefficient (Wildman–Crippen LogP) is 4.72. The van der Waals surface area contributed by atoms with Crippen molar-refractivity contribution in [1.29, 1.82) is 5.26 Å². The summed E-state index contributed by atoms with van der Waals surface area (Å²) < 4.78 is 11.6. The molecular formula is C21H16BrN3O2. The smallest absolute Gasteiger partial charge is 0.176 e. The van der Waals surface area contributed by atoms with E-state index >= 15 is 0 Å². The molecule has 0 unspecified atom stereocenters. The van der Waals surface area contributed by atoms with Crippen LogP contribution in [-0.4, -0.2) is 23.7 Å². The van der Waals surface area contributed by atoms with Gasteiger partial charge in [0.1, 0.15) is 18.5 Å². The van der Waals surface area contributed by atoms with E-state index in [-0.39, 0.29) is 6.61 Å². The minimum absolute atomic E-state index is 0.131. The minimum atomic E-state index is 0.131. The molecule has 0 saturated carbocycles. The number of nitrogens with one attached hydrogen (secondary N) is 1. The van der Waals surface area contributed by atoms with Gasteiger partial charge in [-0.25, -0.2) is 4.98 Å². The number of hydrogen-bond acceptors (Lipinski definition) is 4. The monoisotopic (exact) mass is 421 g/mol. The fourth-order valence-electron chi connectivity index (χ4n) is 2.65. The highest BCUT2D eigenvalue weighted by Gasteiger charge is 2.13. The second-order valence-electron chi connectivity index (χ2n) is 5.80. The van der Waals surface area contributed by atoms with Gasteiger partial charge in [0.25, 0.3) is 0 Å². The minimum Gasteiger partial charge on any atom is -0.493 e. The second kappa shape index (κ2) is 7.99. The largest absolute Gasteiger partial charge is 0.493 e. The number of aromatic amines is 1. The number of aryl methyl sites for hydroxylation is 1. The van der Waals surface area contributed by atoms with Crippen LogP contribution in [0.5, 0.6) is 11.5 Å². The normalized spacial score (nSPS) is 11.1. The van der Waals surface area contributed by atoms with E-state index in [0.717, 1.165) is 22.2 Å². The number of ether oxygens (including phenoxy) is 2. The Morgan fingerprint density at radius 3 is 2.89 bits per heavy atom. The highest BCUT2D eigenvalue weighted by Crippen LogP contribution is 2.37. The molecule has 2 aromatic carbocycles. The van der Waals surface area contributed by atoms with E-state index in [0.29, 0.717) is 27.4 Å². The zero-order valence-electron chi connectivity index (χ0n) is 14.8. The number of terminal acetylenes is 1. The van der Waals surface area contributed by atoms with Crippen LogP contribution in [0.4, 0.5) is 0 Å². The molecule has 0 amide bonds. The molecule has 0 atom stereocenters. The summed E-state index contributed by atoms with van der Waals surface area (Å²) >= 11 is 3.46. The number of rotatable bonds is 5. The lowest BCUT2D eigenvalue weighted by Crippen LogP contribution is -1.98. The first-order valence-corrected chi connectivity index (χ1v) is 8.87. The van der Waals surface area contributed by atoms with Crippen LogP contribution >= 0.6 is 15.9 Å². The van der Waals surface area contributed by atoms with E-state index in [1.165, 1.54) is 0 Å². The van der Waals surface area contributed by atoms with Crippen molar-refractivity contribution < 1.29 is 9.47 Å². The quantitative estimate of drug-likeness (QED) is 0.477. The van der Waals surface area contributed by atoms with Gasteiger partial charge in [0.15, 0.2) is 11.5 Å². The summed E-state index contributed by atoms with van der Waals surface area (Å²) in [5.41, 5.74) is 4.00. The molecule has 134 valence electrons. The van der Waals surface area contributed by atoms with Crippen LogP contribution in [0.2, 0.25) is 0 Å². The summed E-state index contributed by atoms with van der Waals surface area (Å²) in [6, 6.07) is 11.7. The van der Waals surface area contributed by atoms with Crippen LogP contribution in [0.1, 0.15) is 17.0 Å². The molecule has 0 radical (unpaired) electrons.